The molecule has 1 amide bonds. The van der Waals surface area contributed by atoms with E-state index in [1.165, 1.54) is 11.0 Å². The largest absolute Gasteiger partial charge is 0.459 e. The van der Waals surface area contributed by atoms with Gasteiger partial charge in [-0.3, -0.25) is 4.79 Å². The molecule has 33 heavy (non-hydrogen) atoms. The molecule has 2 fully saturated rings. The van der Waals surface area contributed by atoms with Crippen LogP contribution in [0.15, 0.2) is 42.0 Å². The summed E-state index contributed by atoms with van der Waals surface area (Å²) in [5.74, 6) is -1.71. The standard InChI is InChI=1S/C25H33NO6Si/c1-15(32-33(6,7)24(2,3)4)19-21-25(5)17(13-18(27)31-25)20(26(21)22(19)28)23(29)30-14-16-11-9-8-10-12-16/h8-13,15,19-21H,14H2,1-7H3/t15-,19-,20-,21+,25+/m1/s1. The second kappa shape index (κ2) is 7.80. The van der Waals surface area contributed by atoms with Crippen molar-refractivity contribution in [2.24, 2.45) is 5.92 Å². The van der Waals surface area contributed by atoms with E-state index >= 15 is 0 Å². The Hall–Kier alpha value is -2.45. The van der Waals surface area contributed by atoms with Crippen molar-refractivity contribution in [3.63, 3.8) is 0 Å². The van der Waals surface area contributed by atoms with Crippen LogP contribution in [-0.4, -0.2) is 54.9 Å². The Labute approximate surface area is 196 Å². The second-order valence-electron chi connectivity index (χ2n) is 10.9. The minimum absolute atomic E-state index is 0.0119. The van der Waals surface area contributed by atoms with Crippen LogP contribution in [0.25, 0.3) is 0 Å². The van der Waals surface area contributed by atoms with Crippen molar-refractivity contribution in [1.82, 2.24) is 4.90 Å². The summed E-state index contributed by atoms with van der Waals surface area (Å²) in [6.45, 7) is 14.5. The molecule has 0 spiro atoms. The first-order valence-corrected chi connectivity index (χ1v) is 14.3. The first kappa shape index (κ1) is 23.7. The van der Waals surface area contributed by atoms with Crippen LogP contribution in [0.3, 0.4) is 0 Å². The molecule has 1 aromatic carbocycles. The maximum absolute atomic E-state index is 13.4. The minimum Gasteiger partial charge on any atom is -0.459 e. The van der Waals surface area contributed by atoms with Gasteiger partial charge in [-0.2, -0.15) is 0 Å². The molecule has 5 atom stereocenters. The third-order valence-corrected chi connectivity index (χ3v) is 12.3. The molecule has 0 N–H and O–H groups in total. The molecule has 8 heteroatoms. The van der Waals surface area contributed by atoms with Gasteiger partial charge >= 0.3 is 11.9 Å². The van der Waals surface area contributed by atoms with Crippen LogP contribution in [-0.2, 0) is 34.9 Å². The molecular weight excluding hydrogens is 438 g/mol. The Morgan fingerprint density at radius 1 is 1.21 bits per heavy atom. The first-order valence-electron chi connectivity index (χ1n) is 11.4. The lowest BCUT2D eigenvalue weighted by atomic mass is 9.76. The van der Waals surface area contributed by atoms with E-state index in [4.69, 9.17) is 13.9 Å². The van der Waals surface area contributed by atoms with Gasteiger partial charge in [-0.15, -0.1) is 0 Å². The van der Waals surface area contributed by atoms with E-state index in [1.54, 1.807) is 6.92 Å². The quantitative estimate of drug-likeness (QED) is 0.358. The number of hydrogen-bond acceptors (Lipinski definition) is 6. The Morgan fingerprint density at radius 3 is 2.45 bits per heavy atom. The SMILES string of the molecule is C[C@@H](O[Si](C)(C)C(C)(C)C)[C@H]1C(=O)N2[C@@H](C(=O)OCc3ccccc3)C3=CC(=O)O[C@]3(C)[C@H]12. The molecular formula is C25H33NO6Si. The number of carbonyl (C=O) groups is 3. The van der Waals surface area contributed by atoms with Crippen LogP contribution in [0, 0.1) is 5.92 Å². The number of fused-ring (bicyclic) bond motifs is 3. The number of β-lactam (4-membered cyclic amide) rings is 1. The van der Waals surface area contributed by atoms with E-state index in [2.05, 4.69) is 33.9 Å². The van der Waals surface area contributed by atoms with Crippen LogP contribution in [0.4, 0.5) is 0 Å². The number of carbonyl (C=O) groups excluding carboxylic acids is 3. The normalized spacial score (nSPS) is 29.6. The van der Waals surface area contributed by atoms with Crippen LogP contribution >= 0.6 is 0 Å². The molecule has 0 aliphatic carbocycles. The summed E-state index contributed by atoms with van der Waals surface area (Å²) in [5.41, 5.74) is 0.281. The average Bonchev–Trinajstić information content (AvgIpc) is 3.11. The maximum atomic E-state index is 13.4. The van der Waals surface area contributed by atoms with Crippen LogP contribution in [0.5, 0.6) is 0 Å². The molecule has 0 radical (unpaired) electrons. The average molecular weight is 472 g/mol. The van der Waals surface area contributed by atoms with Gasteiger partial charge in [0.25, 0.3) is 0 Å². The Morgan fingerprint density at radius 2 is 1.85 bits per heavy atom. The summed E-state index contributed by atoms with van der Waals surface area (Å²) in [6, 6.07) is 7.92. The summed E-state index contributed by atoms with van der Waals surface area (Å²) in [4.78, 5) is 40.2. The summed E-state index contributed by atoms with van der Waals surface area (Å²) in [6.07, 6.45) is 0.979. The van der Waals surface area contributed by atoms with Gasteiger partial charge in [0.2, 0.25) is 5.91 Å². The van der Waals surface area contributed by atoms with E-state index in [1.807, 2.05) is 37.3 Å². The fourth-order valence-electron chi connectivity index (χ4n) is 4.95. The van der Waals surface area contributed by atoms with Gasteiger partial charge in [0.1, 0.15) is 6.61 Å². The Bertz CT molecular complexity index is 1010. The molecule has 0 aromatic heterocycles. The van der Waals surface area contributed by atoms with Gasteiger partial charge in [-0.25, -0.2) is 9.59 Å². The summed E-state index contributed by atoms with van der Waals surface area (Å²) >= 11 is 0. The highest BCUT2D eigenvalue weighted by Gasteiger charge is 2.72. The zero-order valence-electron chi connectivity index (χ0n) is 20.4. The predicted octanol–water partition coefficient (Wildman–Crippen LogP) is 3.59. The number of amides is 1. The number of nitrogens with zero attached hydrogens (tertiary/aromatic N) is 1. The van der Waals surface area contributed by atoms with Gasteiger partial charge < -0.3 is 18.8 Å². The van der Waals surface area contributed by atoms with Crippen molar-refractivity contribution in [3.8, 4) is 0 Å². The summed E-state index contributed by atoms with van der Waals surface area (Å²) in [5, 5.41) is -0.0119. The van der Waals surface area contributed by atoms with E-state index < -0.39 is 43.9 Å². The van der Waals surface area contributed by atoms with Crippen molar-refractivity contribution < 1.29 is 28.3 Å². The fraction of sp³-hybridized carbons (Fsp3) is 0.560. The van der Waals surface area contributed by atoms with E-state index in [0.717, 1.165) is 5.56 Å². The lowest BCUT2D eigenvalue weighted by molar-refractivity contribution is -0.183. The van der Waals surface area contributed by atoms with Crippen LogP contribution < -0.4 is 0 Å². The summed E-state index contributed by atoms with van der Waals surface area (Å²) in [7, 11) is -2.13. The molecule has 3 heterocycles. The maximum Gasteiger partial charge on any atom is 0.333 e. The van der Waals surface area contributed by atoms with Crippen LogP contribution in [0.1, 0.15) is 40.2 Å². The van der Waals surface area contributed by atoms with Crippen molar-refractivity contribution in [1.29, 1.82) is 0 Å². The van der Waals surface area contributed by atoms with Gasteiger partial charge in [0.15, 0.2) is 20.0 Å². The first-order chi connectivity index (χ1) is 15.3. The van der Waals surface area contributed by atoms with E-state index in [-0.39, 0.29) is 23.7 Å². The summed E-state index contributed by atoms with van der Waals surface area (Å²) < 4.78 is 17.8. The predicted molar refractivity (Wildman–Crippen MR) is 124 cm³/mol. The molecule has 7 nitrogen and oxygen atoms in total. The van der Waals surface area contributed by atoms with Crippen molar-refractivity contribution in [3.05, 3.63) is 47.5 Å². The Kier molecular flexibility index (Phi) is 5.60. The zero-order chi connectivity index (χ0) is 24.3. The number of rotatable bonds is 6. The molecule has 0 bridgehead atoms. The van der Waals surface area contributed by atoms with Crippen molar-refractivity contribution in [2.75, 3.05) is 0 Å². The highest BCUT2D eigenvalue weighted by atomic mass is 28.4. The second-order valence-corrected chi connectivity index (χ2v) is 15.7. The topological polar surface area (TPSA) is 82.1 Å². The molecule has 3 aliphatic heterocycles. The van der Waals surface area contributed by atoms with Gasteiger partial charge in [-0.1, -0.05) is 51.1 Å². The number of esters is 2. The number of ether oxygens (including phenoxy) is 2. The third kappa shape index (κ3) is 3.73. The molecule has 3 aliphatic rings. The minimum atomic E-state index is -2.13. The number of hydrogen-bond donors (Lipinski definition) is 0. The molecule has 0 unspecified atom stereocenters. The lowest BCUT2D eigenvalue weighted by Gasteiger charge is -2.51. The van der Waals surface area contributed by atoms with E-state index in [9.17, 15) is 14.4 Å². The fourth-order valence-corrected chi connectivity index (χ4v) is 6.38. The van der Waals surface area contributed by atoms with Crippen molar-refractivity contribution in [2.45, 2.75) is 83.1 Å². The smallest absolute Gasteiger partial charge is 0.333 e. The molecule has 2 saturated heterocycles. The lowest BCUT2D eigenvalue weighted by Crippen LogP contribution is -2.70. The third-order valence-electron chi connectivity index (χ3n) is 7.72. The van der Waals surface area contributed by atoms with Crippen LogP contribution in [0.2, 0.25) is 18.1 Å². The zero-order valence-corrected chi connectivity index (χ0v) is 21.4. The highest BCUT2D eigenvalue weighted by Crippen LogP contribution is 2.55. The number of benzene rings is 1. The Balaban J connectivity index is 1.58. The molecule has 178 valence electrons. The molecule has 0 saturated carbocycles. The van der Waals surface area contributed by atoms with Gasteiger partial charge in [0.05, 0.1) is 18.1 Å². The van der Waals surface area contributed by atoms with Gasteiger partial charge in [0, 0.05) is 11.6 Å². The van der Waals surface area contributed by atoms with Crippen molar-refractivity contribution >= 4 is 26.2 Å². The van der Waals surface area contributed by atoms with Gasteiger partial charge in [-0.05, 0) is 37.5 Å². The highest BCUT2D eigenvalue weighted by molar-refractivity contribution is 6.74. The van der Waals surface area contributed by atoms with E-state index in [0.29, 0.717) is 5.57 Å². The molecule has 4 rings (SSSR count). The monoisotopic (exact) mass is 471 g/mol. The molecule has 1 aromatic rings.